The first-order valence-electron chi connectivity index (χ1n) is 7.08. The van der Waals surface area contributed by atoms with E-state index in [2.05, 4.69) is 42.0 Å². The van der Waals surface area contributed by atoms with Crippen molar-refractivity contribution in [2.75, 3.05) is 0 Å². The molecule has 3 nitrogen and oxygen atoms in total. The molecule has 0 amide bonds. The van der Waals surface area contributed by atoms with Crippen LogP contribution in [0.1, 0.15) is 28.4 Å². The van der Waals surface area contributed by atoms with E-state index in [9.17, 15) is 5.11 Å². The lowest BCUT2D eigenvalue weighted by Gasteiger charge is -2.14. The molecule has 3 aromatic rings. The molecule has 3 heteroatoms. The van der Waals surface area contributed by atoms with Gasteiger partial charge < -0.3 is 5.11 Å². The fourth-order valence-electron chi connectivity index (χ4n) is 2.53. The summed E-state index contributed by atoms with van der Waals surface area (Å²) in [5, 5.41) is 10.5. The highest BCUT2D eigenvalue weighted by Gasteiger charge is 2.11. The van der Waals surface area contributed by atoms with Crippen molar-refractivity contribution in [2.45, 2.75) is 26.4 Å². The largest absolute Gasteiger partial charge is 0.388 e. The Balaban J connectivity index is 1.89. The molecule has 1 unspecified atom stereocenters. The van der Waals surface area contributed by atoms with Gasteiger partial charge in [0.05, 0.1) is 17.1 Å². The van der Waals surface area contributed by atoms with Crippen molar-refractivity contribution in [1.82, 2.24) is 9.97 Å². The van der Waals surface area contributed by atoms with Crippen LogP contribution in [0, 0.1) is 13.8 Å². The van der Waals surface area contributed by atoms with E-state index in [0.717, 1.165) is 16.6 Å². The molecule has 0 aliphatic rings. The maximum atomic E-state index is 10.5. The van der Waals surface area contributed by atoms with E-state index in [4.69, 9.17) is 0 Å². The number of aliphatic hydroxyl groups excluding tert-OH is 1. The maximum Gasteiger partial charge on any atom is 0.0890 e. The van der Waals surface area contributed by atoms with Gasteiger partial charge in [-0.25, -0.2) is 0 Å². The van der Waals surface area contributed by atoms with E-state index < -0.39 is 6.10 Å². The van der Waals surface area contributed by atoms with E-state index in [1.807, 2.05) is 18.2 Å². The summed E-state index contributed by atoms with van der Waals surface area (Å²) in [4.78, 5) is 8.54. The molecular weight excluding hydrogens is 260 g/mol. The zero-order valence-electron chi connectivity index (χ0n) is 12.2. The van der Waals surface area contributed by atoms with Gasteiger partial charge >= 0.3 is 0 Å². The van der Waals surface area contributed by atoms with Crippen LogP contribution in [0.4, 0.5) is 0 Å². The lowest BCUT2D eigenvalue weighted by Crippen LogP contribution is -2.04. The summed E-state index contributed by atoms with van der Waals surface area (Å²) in [5.41, 5.74) is 6.15. The molecular formula is C18H18N2O. The average Bonchev–Trinajstić information content (AvgIpc) is 2.50. The number of benzene rings is 2. The molecule has 2 aromatic carbocycles. The number of aromatic nitrogens is 2. The normalized spacial score (nSPS) is 12.5. The van der Waals surface area contributed by atoms with E-state index in [0.29, 0.717) is 6.42 Å². The molecule has 0 saturated carbocycles. The van der Waals surface area contributed by atoms with Gasteiger partial charge in [0.2, 0.25) is 0 Å². The number of fused-ring (bicyclic) bond motifs is 1. The van der Waals surface area contributed by atoms with Crippen LogP contribution in [0.5, 0.6) is 0 Å². The minimum Gasteiger partial charge on any atom is -0.388 e. The maximum absolute atomic E-state index is 10.5. The summed E-state index contributed by atoms with van der Waals surface area (Å²) < 4.78 is 0. The number of nitrogens with zero attached hydrogens (tertiary/aromatic N) is 2. The minimum absolute atomic E-state index is 0.531. The van der Waals surface area contributed by atoms with Crippen molar-refractivity contribution < 1.29 is 5.11 Å². The number of hydrogen-bond acceptors (Lipinski definition) is 3. The summed E-state index contributed by atoms with van der Waals surface area (Å²) in [5.74, 6) is 0. The van der Waals surface area contributed by atoms with Crippen molar-refractivity contribution in [2.24, 2.45) is 0 Å². The van der Waals surface area contributed by atoms with Crippen molar-refractivity contribution in [1.29, 1.82) is 0 Å². The number of rotatable bonds is 3. The fraction of sp³-hybridized carbons (Fsp3) is 0.222. The molecule has 0 aliphatic heterocycles. The second-order valence-electron chi connectivity index (χ2n) is 5.45. The standard InChI is InChI=1S/C18H18N2O/c1-12-3-4-13(2)15(9-12)11-18(21)14-5-6-16-17(10-14)20-8-7-19-16/h3-10,18,21H,11H2,1-2H3. The zero-order valence-corrected chi connectivity index (χ0v) is 12.2. The van der Waals surface area contributed by atoms with Gasteiger partial charge in [-0.1, -0.05) is 29.8 Å². The highest BCUT2D eigenvalue weighted by molar-refractivity contribution is 5.74. The van der Waals surface area contributed by atoms with Crippen LogP contribution < -0.4 is 0 Å². The average molecular weight is 278 g/mol. The Morgan fingerprint density at radius 2 is 1.71 bits per heavy atom. The quantitative estimate of drug-likeness (QED) is 0.797. The summed E-state index contributed by atoms with van der Waals surface area (Å²) in [6, 6.07) is 12.1. The summed E-state index contributed by atoms with van der Waals surface area (Å²) in [7, 11) is 0. The van der Waals surface area contributed by atoms with Crippen molar-refractivity contribution in [3.05, 3.63) is 71.0 Å². The molecule has 1 N–H and O–H groups in total. The minimum atomic E-state index is -0.531. The van der Waals surface area contributed by atoms with Gasteiger partial charge in [-0.2, -0.15) is 0 Å². The second-order valence-corrected chi connectivity index (χ2v) is 5.45. The van der Waals surface area contributed by atoms with Crippen LogP contribution in [0.15, 0.2) is 48.8 Å². The third-order valence-electron chi connectivity index (χ3n) is 3.80. The highest BCUT2D eigenvalue weighted by Crippen LogP contribution is 2.23. The van der Waals surface area contributed by atoms with E-state index >= 15 is 0 Å². The second kappa shape index (κ2) is 5.62. The Hall–Kier alpha value is -2.26. The molecule has 0 saturated heterocycles. The Kier molecular flexibility index (Phi) is 3.67. The monoisotopic (exact) mass is 278 g/mol. The van der Waals surface area contributed by atoms with Crippen LogP contribution in [0.25, 0.3) is 11.0 Å². The molecule has 0 aliphatic carbocycles. The molecule has 0 radical (unpaired) electrons. The SMILES string of the molecule is Cc1ccc(C)c(CC(O)c2ccc3nccnc3c2)c1. The third kappa shape index (κ3) is 2.93. The van der Waals surface area contributed by atoms with Crippen LogP contribution in [-0.4, -0.2) is 15.1 Å². The van der Waals surface area contributed by atoms with Crippen molar-refractivity contribution in [3.8, 4) is 0 Å². The van der Waals surface area contributed by atoms with Crippen molar-refractivity contribution in [3.63, 3.8) is 0 Å². The molecule has 0 spiro atoms. The van der Waals surface area contributed by atoms with E-state index in [-0.39, 0.29) is 0 Å². The van der Waals surface area contributed by atoms with Gasteiger partial charge in [0.1, 0.15) is 0 Å². The smallest absolute Gasteiger partial charge is 0.0890 e. The molecule has 0 fully saturated rings. The molecule has 0 bridgehead atoms. The first-order valence-corrected chi connectivity index (χ1v) is 7.08. The molecule has 1 atom stereocenters. The number of aliphatic hydroxyl groups is 1. The van der Waals surface area contributed by atoms with Gasteiger partial charge in [0, 0.05) is 18.8 Å². The number of aryl methyl sites for hydroxylation is 2. The molecule has 106 valence electrons. The summed E-state index contributed by atoms with van der Waals surface area (Å²) >= 11 is 0. The molecule has 21 heavy (non-hydrogen) atoms. The van der Waals surface area contributed by atoms with Crippen molar-refractivity contribution >= 4 is 11.0 Å². The van der Waals surface area contributed by atoms with Crippen LogP contribution >= 0.6 is 0 Å². The number of hydrogen-bond donors (Lipinski definition) is 1. The Morgan fingerprint density at radius 1 is 0.952 bits per heavy atom. The fourth-order valence-corrected chi connectivity index (χ4v) is 2.53. The van der Waals surface area contributed by atoms with E-state index in [1.165, 1.54) is 16.7 Å². The van der Waals surface area contributed by atoms with Gasteiger partial charge in [0.15, 0.2) is 0 Å². The Bertz CT molecular complexity index is 783. The summed E-state index contributed by atoms with van der Waals surface area (Å²) in [6.45, 7) is 4.15. The molecule has 1 aromatic heterocycles. The first kappa shape index (κ1) is 13.7. The lowest BCUT2D eigenvalue weighted by molar-refractivity contribution is 0.178. The van der Waals surface area contributed by atoms with Crippen LogP contribution in [-0.2, 0) is 6.42 Å². The molecule has 1 heterocycles. The van der Waals surface area contributed by atoms with Gasteiger partial charge in [0.25, 0.3) is 0 Å². The summed E-state index contributed by atoms with van der Waals surface area (Å²) in [6.07, 6.45) is 3.42. The van der Waals surface area contributed by atoms with Gasteiger partial charge in [-0.05, 0) is 42.7 Å². The van der Waals surface area contributed by atoms with Crippen LogP contribution in [0.3, 0.4) is 0 Å². The van der Waals surface area contributed by atoms with Crippen LogP contribution in [0.2, 0.25) is 0 Å². The Morgan fingerprint density at radius 3 is 2.52 bits per heavy atom. The predicted molar refractivity (Wildman–Crippen MR) is 84.1 cm³/mol. The van der Waals surface area contributed by atoms with E-state index in [1.54, 1.807) is 12.4 Å². The lowest BCUT2D eigenvalue weighted by atomic mass is 9.96. The third-order valence-corrected chi connectivity index (χ3v) is 3.80. The Labute approximate surface area is 124 Å². The van der Waals surface area contributed by atoms with Gasteiger partial charge in [-0.15, -0.1) is 0 Å². The van der Waals surface area contributed by atoms with Gasteiger partial charge in [-0.3, -0.25) is 9.97 Å². The molecule has 3 rings (SSSR count). The first-order chi connectivity index (χ1) is 10.1. The zero-order chi connectivity index (χ0) is 14.8. The topological polar surface area (TPSA) is 46.0 Å². The predicted octanol–water partition coefficient (Wildman–Crippen LogP) is 3.52. The highest BCUT2D eigenvalue weighted by atomic mass is 16.3.